The van der Waals surface area contributed by atoms with E-state index in [1.165, 1.54) is 18.2 Å². The fraction of sp³-hybridized carbons (Fsp3) is 0.533. The molecule has 2 rings (SSSR count). The Morgan fingerprint density at radius 3 is 2.48 bits per heavy atom. The number of carbonyl (C=O) groups excluding carboxylic acids is 1. The molecule has 1 aromatic rings. The van der Waals surface area contributed by atoms with Crippen molar-refractivity contribution in [3.05, 3.63) is 23.8 Å². The van der Waals surface area contributed by atoms with E-state index < -0.39 is 0 Å². The van der Waals surface area contributed by atoms with Crippen molar-refractivity contribution in [2.24, 2.45) is 0 Å². The minimum Gasteiger partial charge on any atom is -0.504 e. The van der Waals surface area contributed by atoms with Crippen LogP contribution in [0.25, 0.3) is 0 Å². The fourth-order valence-electron chi connectivity index (χ4n) is 2.54. The maximum Gasteiger partial charge on any atom is 0.176 e. The summed E-state index contributed by atoms with van der Waals surface area (Å²) in [4.78, 5) is 16.5. The molecule has 1 aliphatic heterocycles. The molecule has 0 aromatic heterocycles. The molecule has 0 spiro atoms. The third-order valence-electron chi connectivity index (χ3n) is 3.76. The van der Waals surface area contributed by atoms with Crippen LogP contribution in [0.1, 0.15) is 16.8 Å². The molecule has 0 atom stereocenters. The Bertz CT molecular complexity index is 493. The van der Waals surface area contributed by atoms with Crippen LogP contribution in [0.2, 0.25) is 0 Å². The number of aliphatic hydroxyl groups is 1. The average Bonchev–Trinajstić information content (AvgIpc) is 2.68. The minimum atomic E-state index is -0.272. The molecule has 3 N–H and O–H groups in total. The summed E-state index contributed by atoms with van der Waals surface area (Å²) in [5, 5.41) is 27.7. The molecule has 21 heavy (non-hydrogen) atoms. The van der Waals surface area contributed by atoms with E-state index in [1.54, 1.807) is 0 Å². The Morgan fingerprint density at radius 1 is 1.05 bits per heavy atom. The Labute approximate surface area is 124 Å². The number of phenolic OH excluding ortho intramolecular Hbond substituents is 2. The summed E-state index contributed by atoms with van der Waals surface area (Å²) in [5.74, 6) is -0.562. The number of carbonyl (C=O) groups is 1. The smallest absolute Gasteiger partial charge is 0.176 e. The maximum absolute atomic E-state index is 12.2. The van der Waals surface area contributed by atoms with Gasteiger partial charge in [0.2, 0.25) is 0 Å². The van der Waals surface area contributed by atoms with Gasteiger partial charge in [0.15, 0.2) is 17.3 Å². The maximum atomic E-state index is 12.2. The zero-order valence-electron chi connectivity index (χ0n) is 12.0. The molecule has 1 heterocycles. The summed E-state index contributed by atoms with van der Waals surface area (Å²) >= 11 is 0. The highest BCUT2D eigenvalue weighted by Crippen LogP contribution is 2.25. The Kier molecular flexibility index (Phi) is 5.55. The molecular weight excluding hydrogens is 272 g/mol. The van der Waals surface area contributed by atoms with E-state index in [9.17, 15) is 15.0 Å². The van der Waals surface area contributed by atoms with Gasteiger partial charge in [-0.3, -0.25) is 14.6 Å². The average molecular weight is 294 g/mol. The first kappa shape index (κ1) is 15.8. The Hall–Kier alpha value is -1.63. The highest BCUT2D eigenvalue weighted by Gasteiger charge is 2.18. The van der Waals surface area contributed by atoms with Crippen LogP contribution in [-0.2, 0) is 0 Å². The lowest BCUT2D eigenvalue weighted by Gasteiger charge is -2.20. The fourth-order valence-corrected chi connectivity index (χ4v) is 2.54. The largest absolute Gasteiger partial charge is 0.504 e. The SMILES string of the molecule is O=C(CN1CCCN(CCO)CC1)c1ccc(O)c(O)c1. The van der Waals surface area contributed by atoms with Gasteiger partial charge in [0, 0.05) is 25.2 Å². The lowest BCUT2D eigenvalue weighted by atomic mass is 10.1. The molecule has 1 fully saturated rings. The molecule has 6 nitrogen and oxygen atoms in total. The highest BCUT2D eigenvalue weighted by molar-refractivity contribution is 5.98. The quantitative estimate of drug-likeness (QED) is 0.534. The van der Waals surface area contributed by atoms with Crippen LogP contribution in [0.15, 0.2) is 18.2 Å². The number of aromatic hydroxyl groups is 2. The summed E-state index contributed by atoms with van der Waals surface area (Å²) in [6.45, 7) is 4.55. The van der Waals surface area contributed by atoms with E-state index in [0.717, 1.165) is 32.6 Å². The highest BCUT2D eigenvalue weighted by atomic mass is 16.3. The van der Waals surface area contributed by atoms with Crippen LogP contribution in [0.3, 0.4) is 0 Å². The normalized spacial score (nSPS) is 17.6. The van der Waals surface area contributed by atoms with Gasteiger partial charge >= 0.3 is 0 Å². The zero-order valence-corrected chi connectivity index (χ0v) is 12.0. The van der Waals surface area contributed by atoms with Crippen LogP contribution in [0.4, 0.5) is 0 Å². The summed E-state index contributed by atoms with van der Waals surface area (Å²) in [6, 6.07) is 4.15. The van der Waals surface area contributed by atoms with Crippen molar-refractivity contribution < 1.29 is 20.1 Å². The second-order valence-corrected chi connectivity index (χ2v) is 5.32. The number of benzene rings is 1. The van der Waals surface area contributed by atoms with Crippen molar-refractivity contribution in [1.29, 1.82) is 0 Å². The number of phenols is 2. The van der Waals surface area contributed by atoms with Crippen molar-refractivity contribution in [2.75, 3.05) is 45.9 Å². The molecule has 6 heteroatoms. The number of nitrogens with zero attached hydrogens (tertiary/aromatic N) is 2. The first-order chi connectivity index (χ1) is 10.1. The molecule has 1 aromatic carbocycles. The minimum absolute atomic E-state index is 0.0686. The van der Waals surface area contributed by atoms with Crippen molar-refractivity contribution >= 4 is 5.78 Å². The molecule has 0 saturated carbocycles. The van der Waals surface area contributed by atoms with E-state index in [4.69, 9.17) is 5.11 Å². The predicted octanol–water partition coefficient (Wildman–Crippen LogP) is 0.281. The summed E-state index contributed by atoms with van der Waals surface area (Å²) in [5.41, 5.74) is 0.404. The monoisotopic (exact) mass is 294 g/mol. The van der Waals surface area contributed by atoms with Crippen LogP contribution in [0, 0.1) is 0 Å². The van der Waals surface area contributed by atoms with Crippen LogP contribution < -0.4 is 0 Å². The number of β-amino-alcohol motifs (C(OH)–C–C–N with tert-alkyl or cyclic N) is 1. The number of Topliss-reactive ketones (excluding diaryl/α,β-unsaturated/α-hetero) is 1. The summed E-state index contributed by atoms with van der Waals surface area (Å²) in [7, 11) is 0. The number of aliphatic hydroxyl groups excluding tert-OH is 1. The van der Waals surface area contributed by atoms with Gasteiger partial charge in [0.25, 0.3) is 0 Å². The molecule has 0 aliphatic carbocycles. The molecule has 0 unspecified atom stereocenters. The molecule has 0 radical (unpaired) electrons. The standard InChI is InChI=1S/C15H22N2O4/c18-9-8-16-4-1-5-17(7-6-16)11-15(21)12-2-3-13(19)14(20)10-12/h2-3,10,18-20H,1,4-9,11H2. The number of hydrogen-bond donors (Lipinski definition) is 3. The first-order valence-corrected chi connectivity index (χ1v) is 7.21. The third-order valence-corrected chi connectivity index (χ3v) is 3.76. The van der Waals surface area contributed by atoms with Gasteiger partial charge in [-0.15, -0.1) is 0 Å². The molecular formula is C15H22N2O4. The second-order valence-electron chi connectivity index (χ2n) is 5.32. The lowest BCUT2D eigenvalue weighted by Crippen LogP contribution is -2.35. The van der Waals surface area contributed by atoms with Crippen LogP contribution in [0.5, 0.6) is 11.5 Å². The van der Waals surface area contributed by atoms with Gasteiger partial charge < -0.3 is 15.3 Å². The molecule has 0 bridgehead atoms. The molecule has 1 saturated heterocycles. The van der Waals surface area contributed by atoms with Crippen LogP contribution in [-0.4, -0.2) is 76.8 Å². The molecule has 0 amide bonds. The topological polar surface area (TPSA) is 84.2 Å². The molecule has 116 valence electrons. The van der Waals surface area contributed by atoms with Crippen molar-refractivity contribution in [1.82, 2.24) is 9.80 Å². The van der Waals surface area contributed by atoms with Gasteiger partial charge in [0.05, 0.1) is 13.2 Å². The van der Waals surface area contributed by atoms with E-state index in [-0.39, 0.29) is 23.9 Å². The van der Waals surface area contributed by atoms with Gasteiger partial charge in [0.1, 0.15) is 0 Å². The number of ketones is 1. The van der Waals surface area contributed by atoms with Crippen LogP contribution >= 0.6 is 0 Å². The van der Waals surface area contributed by atoms with E-state index >= 15 is 0 Å². The van der Waals surface area contributed by atoms with E-state index in [0.29, 0.717) is 18.7 Å². The lowest BCUT2D eigenvalue weighted by molar-refractivity contribution is 0.0931. The van der Waals surface area contributed by atoms with E-state index in [2.05, 4.69) is 9.80 Å². The zero-order chi connectivity index (χ0) is 15.2. The summed E-state index contributed by atoms with van der Waals surface area (Å²) in [6.07, 6.45) is 0.966. The second kappa shape index (κ2) is 7.40. The van der Waals surface area contributed by atoms with E-state index in [1.807, 2.05) is 0 Å². The Balaban J connectivity index is 1.91. The van der Waals surface area contributed by atoms with Crippen molar-refractivity contribution in [3.63, 3.8) is 0 Å². The predicted molar refractivity (Wildman–Crippen MR) is 78.7 cm³/mol. The molecule has 1 aliphatic rings. The van der Waals surface area contributed by atoms with Gasteiger partial charge in [-0.05, 0) is 37.7 Å². The Morgan fingerprint density at radius 2 is 1.76 bits per heavy atom. The first-order valence-electron chi connectivity index (χ1n) is 7.21. The number of hydrogen-bond acceptors (Lipinski definition) is 6. The van der Waals surface area contributed by atoms with Gasteiger partial charge in [-0.1, -0.05) is 0 Å². The van der Waals surface area contributed by atoms with Gasteiger partial charge in [-0.25, -0.2) is 0 Å². The van der Waals surface area contributed by atoms with Gasteiger partial charge in [-0.2, -0.15) is 0 Å². The van der Waals surface area contributed by atoms with Crippen molar-refractivity contribution in [3.8, 4) is 11.5 Å². The van der Waals surface area contributed by atoms with Crippen molar-refractivity contribution in [2.45, 2.75) is 6.42 Å². The third kappa shape index (κ3) is 4.42. The number of rotatable bonds is 5. The summed E-state index contributed by atoms with van der Waals surface area (Å²) < 4.78 is 0.